The Morgan fingerprint density at radius 3 is 2.41 bits per heavy atom. The third-order valence-corrected chi connectivity index (χ3v) is 2.90. The second kappa shape index (κ2) is 4.55. The molecule has 0 saturated carbocycles. The average molecular weight is 228 g/mol. The Balaban J connectivity index is 2.65. The molecule has 0 fully saturated rings. The summed E-state index contributed by atoms with van der Waals surface area (Å²) in [4.78, 5) is 13.4. The zero-order valence-electron chi connectivity index (χ0n) is 10.1. The van der Waals surface area contributed by atoms with E-state index < -0.39 is 0 Å². The molecule has 1 amide bonds. The van der Waals surface area contributed by atoms with Gasteiger partial charge >= 0.3 is 0 Å². The van der Waals surface area contributed by atoms with Crippen LogP contribution in [0.25, 0.3) is 10.8 Å². The lowest BCUT2D eigenvalue weighted by atomic mass is 9.98. The van der Waals surface area contributed by atoms with Crippen LogP contribution in [0.4, 0.5) is 0 Å². The first kappa shape index (κ1) is 11.6. The highest BCUT2D eigenvalue weighted by molar-refractivity contribution is 5.92. The van der Waals surface area contributed by atoms with Crippen molar-refractivity contribution >= 4 is 16.7 Å². The van der Waals surface area contributed by atoms with Crippen molar-refractivity contribution < 1.29 is 4.79 Å². The normalized spacial score (nSPS) is 12.9. The summed E-state index contributed by atoms with van der Waals surface area (Å²) in [6.07, 6.45) is 0. The Kier molecular flexibility index (Phi) is 3.11. The van der Waals surface area contributed by atoms with Crippen LogP contribution < -0.4 is 5.73 Å². The van der Waals surface area contributed by atoms with Gasteiger partial charge in [0.15, 0.2) is 0 Å². The summed E-state index contributed by atoms with van der Waals surface area (Å²) >= 11 is 0. The third kappa shape index (κ3) is 2.15. The Hall–Kier alpha value is -1.87. The van der Waals surface area contributed by atoms with Gasteiger partial charge in [-0.1, -0.05) is 42.5 Å². The molecule has 2 rings (SSSR count). The number of carbonyl (C=O) groups is 1. The largest absolute Gasteiger partial charge is 0.368 e. The number of rotatable bonds is 3. The van der Waals surface area contributed by atoms with Crippen LogP contribution in [-0.4, -0.2) is 24.9 Å². The molecule has 0 heterocycles. The van der Waals surface area contributed by atoms with Gasteiger partial charge in [0.05, 0.1) is 0 Å². The number of nitrogens with zero attached hydrogens (tertiary/aromatic N) is 1. The average Bonchev–Trinajstić information content (AvgIpc) is 2.28. The third-order valence-electron chi connectivity index (χ3n) is 2.90. The first-order valence-electron chi connectivity index (χ1n) is 5.54. The van der Waals surface area contributed by atoms with E-state index in [0.717, 1.165) is 16.3 Å². The summed E-state index contributed by atoms with van der Waals surface area (Å²) < 4.78 is 0. The minimum atomic E-state index is -0.388. The number of likely N-dealkylation sites (N-methyl/N-ethyl adjacent to an activating group) is 1. The number of fused-ring (bicyclic) bond motifs is 1. The minimum absolute atomic E-state index is 0.327. The zero-order valence-corrected chi connectivity index (χ0v) is 10.1. The molecule has 0 spiro atoms. The minimum Gasteiger partial charge on any atom is -0.368 e. The summed E-state index contributed by atoms with van der Waals surface area (Å²) in [7, 11) is 3.72. The van der Waals surface area contributed by atoms with E-state index in [1.54, 1.807) is 0 Å². The monoisotopic (exact) mass is 228 g/mol. The second-order valence-corrected chi connectivity index (χ2v) is 4.34. The molecule has 17 heavy (non-hydrogen) atoms. The lowest BCUT2D eigenvalue weighted by Gasteiger charge is -2.22. The maximum Gasteiger partial charge on any atom is 0.239 e. The van der Waals surface area contributed by atoms with Crippen LogP contribution in [0.1, 0.15) is 11.6 Å². The van der Waals surface area contributed by atoms with Gasteiger partial charge in [0.25, 0.3) is 0 Å². The zero-order chi connectivity index (χ0) is 12.4. The van der Waals surface area contributed by atoms with Crippen molar-refractivity contribution in [3.63, 3.8) is 0 Å². The summed E-state index contributed by atoms with van der Waals surface area (Å²) in [5.41, 5.74) is 6.44. The Labute approximate surface area is 101 Å². The van der Waals surface area contributed by atoms with E-state index in [1.807, 2.05) is 61.5 Å². The van der Waals surface area contributed by atoms with Crippen LogP contribution in [0.2, 0.25) is 0 Å². The fourth-order valence-corrected chi connectivity index (χ4v) is 2.17. The van der Waals surface area contributed by atoms with Gasteiger partial charge in [-0.2, -0.15) is 0 Å². The molecule has 88 valence electrons. The second-order valence-electron chi connectivity index (χ2n) is 4.34. The topological polar surface area (TPSA) is 46.3 Å². The molecule has 0 aliphatic rings. The van der Waals surface area contributed by atoms with E-state index in [-0.39, 0.29) is 11.9 Å². The molecule has 1 atom stereocenters. The number of carbonyl (C=O) groups excluding carboxylic acids is 1. The molecule has 2 aromatic carbocycles. The highest BCUT2D eigenvalue weighted by atomic mass is 16.1. The molecule has 2 aromatic rings. The Bertz CT molecular complexity index is 543. The van der Waals surface area contributed by atoms with Crippen molar-refractivity contribution in [2.45, 2.75) is 6.04 Å². The standard InChI is InChI=1S/C14H16N2O/c1-16(2)13(14(15)17)12-9-5-7-10-6-3-4-8-11(10)12/h3-9,13H,1-2H3,(H2,15,17). The van der Waals surface area contributed by atoms with Gasteiger partial charge in [0.1, 0.15) is 6.04 Å². The summed E-state index contributed by atoms with van der Waals surface area (Å²) in [6, 6.07) is 13.6. The highest BCUT2D eigenvalue weighted by Gasteiger charge is 2.21. The van der Waals surface area contributed by atoms with Crippen molar-refractivity contribution in [3.05, 3.63) is 48.0 Å². The van der Waals surface area contributed by atoms with Crippen LogP contribution in [0.15, 0.2) is 42.5 Å². The predicted molar refractivity (Wildman–Crippen MR) is 69.6 cm³/mol. The number of amides is 1. The van der Waals surface area contributed by atoms with Gasteiger partial charge in [-0.3, -0.25) is 9.69 Å². The summed E-state index contributed by atoms with van der Waals surface area (Å²) in [6.45, 7) is 0. The van der Waals surface area contributed by atoms with E-state index in [0.29, 0.717) is 0 Å². The summed E-state index contributed by atoms with van der Waals surface area (Å²) in [5.74, 6) is -0.327. The van der Waals surface area contributed by atoms with Gasteiger partial charge in [-0.25, -0.2) is 0 Å². The first-order chi connectivity index (χ1) is 8.11. The molecule has 0 aliphatic heterocycles. The first-order valence-corrected chi connectivity index (χ1v) is 5.54. The molecular weight excluding hydrogens is 212 g/mol. The number of primary amides is 1. The Morgan fingerprint density at radius 1 is 1.12 bits per heavy atom. The fraction of sp³-hybridized carbons (Fsp3) is 0.214. The van der Waals surface area contributed by atoms with Crippen molar-refractivity contribution in [2.24, 2.45) is 5.73 Å². The fourth-order valence-electron chi connectivity index (χ4n) is 2.17. The van der Waals surface area contributed by atoms with Crippen LogP contribution in [0.5, 0.6) is 0 Å². The molecule has 1 unspecified atom stereocenters. The molecule has 0 bridgehead atoms. The van der Waals surface area contributed by atoms with Crippen LogP contribution >= 0.6 is 0 Å². The lowest BCUT2D eigenvalue weighted by molar-refractivity contribution is -0.122. The highest BCUT2D eigenvalue weighted by Crippen LogP contribution is 2.26. The molecule has 0 radical (unpaired) electrons. The predicted octanol–water partition coefficient (Wildman–Crippen LogP) is 1.93. The molecule has 3 nitrogen and oxygen atoms in total. The van der Waals surface area contributed by atoms with Crippen molar-refractivity contribution in [1.29, 1.82) is 0 Å². The van der Waals surface area contributed by atoms with Gasteiger partial charge in [-0.05, 0) is 30.4 Å². The SMILES string of the molecule is CN(C)C(C(N)=O)c1cccc2ccccc12. The number of hydrogen-bond donors (Lipinski definition) is 1. The van der Waals surface area contributed by atoms with Gasteiger partial charge in [0.2, 0.25) is 5.91 Å². The maximum atomic E-state index is 11.6. The van der Waals surface area contributed by atoms with E-state index >= 15 is 0 Å². The van der Waals surface area contributed by atoms with Crippen LogP contribution in [0.3, 0.4) is 0 Å². The van der Waals surface area contributed by atoms with Gasteiger partial charge in [-0.15, -0.1) is 0 Å². The van der Waals surface area contributed by atoms with Crippen LogP contribution in [0, 0.1) is 0 Å². The number of benzene rings is 2. The molecule has 2 N–H and O–H groups in total. The molecular formula is C14H16N2O. The van der Waals surface area contributed by atoms with Crippen LogP contribution in [-0.2, 0) is 4.79 Å². The smallest absolute Gasteiger partial charge is 0.239 e. The summed E-state index contributed by atoms with van der Waals surface area (Å²) in [5, 5.41) is 2.20. The molecule has 0 aromatic heterocycles. The van der Waals surface area contributed by atoms with E-state index in [4.69, 9.17) is 5.73 Å². The van der Waals surface area contributed by atoms with Crippen molar-refractivity contribution in [3.8, 4) is 0 Å². The molecule has 0 aliphatic carbocycles. The Morgan fingerprint density at radius 2 is 1.76 bits per heavy atom. The number of nitrogens with two attached hydrogens (primary N) is 1. The maximum absolute atomic E-state index is 11.6. The van der Waals surface area contributed by atoms with E-state index in [2.05, 4.69) is 0 Å². The van der Waals surface area contributed by atoms with E-state index in [9.17, 15) is 4.79 Å². The van der Waals surface area contributed by atoms with Gasteiger partial charge < -0.3 is 5.73 Å². The molecule has 0 saturated heterocycles. The lowest BCUT2D eigenvalue weighted by Crippen LogP contribution is -2.32. The van der Waals surface area contributed by atoms with E-state index in [1.165, 1.54) is 0 Å². The van der Waals surface area contributed by atoms with Crippen molar-refractivity contribution in [1.82, 2.24) is 4.90 Å². The number of hydrogen-bond acceptors (Lipinski definition) is 2. The van der Waals surface area contributed by atoms with Gasteiger partial charge in [0, 0.05) is 0 Å². The quantitative estimate of drug-likeness (QED) is 0.872. The molecule has 3 heteroatoms. The van der Waals surface area contributed by atoms with Crippen molar-refractivity contribution in [2.75, 3.05) is 14.1 Å².